The Labute approximate surface area is 157 Å². The molecule has 0 saturated carbocycles. The number of nitrogens with one attached hydrogen (secondary N) is 1. The number of amides is 2. The van der Waals surface area contributed by atoms with E-state index in [1.54, 1.807) is 41.6 Å². The molecule has 0 aliphatic carbocycles. The number of hydrogen-bond acceptors (Lipinski definition) is 3. The van der Waals surface area contributed by atoms with Crippen molar-refractivity contribution in [3.8, 4) is 0 Å². The van der Waals surface area contributed by atoms with Gasteiger partial charge in [0, 0.05) is 42.3 Å². The second-order valence-corrected chi connectivity index (χ2v) is 6.45. The Balaban J connectivity index is 1.49. The van der Waals surface area contributed by atoms with Crippen LogP contribution in [0, 0.1) is 0 Å². The van der Waals surface area contributed by atoms with Crippen molar-refractivity contribution in [3.05, 3.63) is 95.3 Å². The quantitative estimate of drug-likeness (QED) is 0.780. The molecule has 4 rings (SSSR count). The van der Waals surface area contributed by atoms with Gasteiger partial charge in [0.2, 0.25) is 0 Å². The standard InChI is InChI=1S/C22H19N3O2/c26-21(24-15-16-8-11-23-12-9-16)18-5-3-6-19(14-18)22(27)25-13-10-17-4-1-2-7-20(17)25/h1-9,11-12,14H,10,13,15H2,(H,24,26). The van der Waals surface area contributed by atoms with E-state index in [1.807, 2.05) is 36.4 Å². The van der Waals surface area contributed by atoms with E-state index >= 15 is 0 Å². The fraction of sp³-hybridized carbons (Fsp3) is 0.136. The van der Waals surface area contributed by atoms with E-state index in [4.69, 9.17) is 0 Å². The van der Waals surface area contributed by atoms with Crippen molar-refractivity contribution in [3.63, 3.8) is 0 Å². The molecule has 0 saturated heterocycles. The lowest BCUT2D eigenvalue weighted by Gasteiger charge is -2.17. The highest BCUT2D eigenvalue weighted by molar-refractivity contribution is 6.08. The molecule has 0 bridgehead atoms. The molecule has 5 heteroatoms. The van der Waals surface area contributed by atoms with Gasteiger partial charge in [-0.1, -0.05) is 24.3 Å². The third-order valence-corrected chi connectivity index (χ3v) is 4.71. The SMILES string of the molecule is O=C(NCc1ccncc1)c1cccc(C(=O)N2CCc3ccccc32)c1. The summed E-state index contributed by atoms with van der Waals surface area (Å²) in [4.78, 5) is 31.2. The van der Waals surface area contributed by atoms with Crippen molar-refractivity contribution in [2.24, 2.45) is 0 Å². The Kier molecular flexibility index (Phi) is 4.66. The van der Waals surface area contributed by atoms with Crippen molar-refractivity contribution in [2.75, 3.05) is 11.4 Å². The molecule has 0 radical (unpaired) electrons. The molecule has 5 nitrogen and oxygen atoms in total. The Morgan fingerprint density at radius 2 is 1.74 bits per heavy atom. The van der Waals surface area contributed by atoms with Crippen LogP contribution in [-0.4, -0.2) is 23.3 Å². The average Bonchev–Trinajstić information content (AvgIpc) is 3.16. The molecule has 1 aliphatic rings. The lowest BCUT2D eigenvalue weighted by atomic mass is 10.1. The molecular weight excluding hydrogens is 338 g/mol. The minimum absolute atomic E-state index is 0.0799. The second-order valence-electron chi connectivity index (χ2n) is 6.45. The van der Waals surface area contributed by atoms with Crippen molar-refractivity contribution in [2.45, 2.75) is 13.0 Å². The molecule has 1 aliphatic heterocycles. The number of carbonyl (C=O) groups is 2. The first-order valence-electron chi connectivity index (χ1n) is 8.89. The molecule has 2 amide bonds. The van der Waals surface area contributed by atoms with Crippen LogP contribution in [-0.2, 0) is 13.0 Å². The molecule has 0 unspecified atom stereocenters. The van der Waals surface area contributed by atoms with Crippen molar-refractivity contribution >= 4 is 17.5 Å². The van der Waals surface area contributed by atoms with Gasteiger partial charge in [-0.25, -0.2) is 0 Å². The lowest BCUT2D eigenvalue weighted by Crippen LogP contribution is -2.29. The number of fused-ring (bicyclic) bond motifs is 1. The number of aromatic nitrogens is 1. The van der Waals surface area contributed by atoms with E-state index in [0.29, 0.717) is 24.2 Å². The first-order chi connectivity index (χ1) is 13.2. The summed E-state index contributed by atoms with van der Waals surface area (Å²) < 4.78 is 0. The van der Waals surface area contributed by atoms with Crippen LogP contribution in [0.15, 0.2) is 73.1 Å². The van der Waals surface area contributed by atoms with E-state index in [2.05, 4.69) is 10.3 Å². The number of pyridine rings is 1. The van der Waals surface area contributed by atoms with Gasteiger partial charge in [-0.05, 0) is 53.9 Å². The zero-order valence-corrected chi connectivity index (χ0v) is 14.8. The van der Waals surface area contributed by atoms with E-state index in [9.17, 15) is 9.59 Å². The van der Waals surface area contributed by atoms with Gasteiger partial charge in [-0.3, -0.25) is 14.6 Å². The predicted octanol–water partition coefficient (Wildman–Crippen LogP) is 3.21. The summed E-state index contributed by atoms with van der Waals surface area (Å²) in [6.45, 7) is 1.08. The van der Waals surface area contributed by atoms with Gasteiger partial charge in [0.15, 0.2) is 0 Å². The maximum Gasteiger partial charge on any atom is 0.258 e. The highest BCUT2D eigenvalue weighted by atomic mass is 16.2. The fourth-order valence-electron chi connectivity index (χ4n) is 3.28. The molecule has 0 spiro atoms. The van der Waals surface area contributed by atoms with E-state index in [0.717, 1.165) is 17.7 Å². The molecule has 3 aromatic rings. The zero-order valence-electron chi connectivity index (χ0n) is 14.8. The number of anilines is 1. The molecule has 2 heterocycles. The summed E-state index contributed by atoms with van der Waals surface area (Å²) >= 11 is 0. The number of carbonyl (C=O) groups excluding carboxylic acids is 2. The monoisotopic (exact) mass is 357 g/mol. The number of rotatable bonds is 4. The molecule has 134 valence electrons. The van der Waals surface area contributed by atoms with Gasteiger partial charge in [-0.15, -0.1) is 0 Å². The van der Waals surface area contributed by atoms with Crippen LogP contribution >= 0.6 is 0 Å². The third-order valence-electron chi connectivity index (χ3n) is 4.71. The Morgan fingerprint density at radius 1 is 0.963 bits per heavy atom. The Morgan fingerprint density at radius 3 is 2.59 bits per heavy atom. The van der Waals surface area contributed by atoms with Crippen LogP contribution in [0.4, 0.5) is 5.69 Å². The average molecular weight is 357 g/mol. The summed E-state index contributed by atoms with van der Waals surface area (Å²) in [5.41, 5.74) is 4.09. The van der Waals surface area contributed by atoms with Crippen LogP contribution in [0.25, 0.3) is 0 Å². The molecule has 1 aromatic heterocycles. The molecular formula is C22H19N3O2. The van der Waals surface area contributed by atoms with Crippen LogP contribution in [0.2, 0.25) is 0 Å². The van der Waals surface area contributed by atoms with Crippen LogP contribution < -0.4 is 10.2 Å². The number of benzene rings is 2. The first kappa shape index (κ1) is 17.0. The van der Waals surface area contributed by atoms with Gasteiger partial charge >= 0.3 is 0 Å². The highest BCUT2D eigenvalue weighted by Crippen LogP contribution is 2.28. The van der Waals surface area contributed by atoms with Crippen LogP contribution in [0.3, 0.4) is 0 Å². The second kappa shape index (κ2) is 7.41. The highest BCUT2D eigenvalue weighted by Gasteiger charge is 2.25. The van der Waals surface area contributed by atoms with Crippen molar-refractivity contribution in [1.82, 2.24) is 10.3 Å². The number of hydrogen-bond donors (Lipinski definition) is 1. The largest absolute Gasteiger partial charge is 0.348 e. The van der Waals surface area contributed by atoms with E-state index in [1.165, 1.54) is 5.56 Å². The number of para-hydroxylation sites is 1. The molecule has 1 N–H and O–H groups in total. The normalized spacial score (nSPS) is 12.5. The zero-order chi connectivity index (χ0) is 18.6. The molecule has 0 atom stereocenters. The van der Waals surface area contributed by atoms with E-state index in [-0.39, 0.29) is 11.8 Å². The molecule has 27 heavy (non-hydrogen) atoms. The minimum Gasteiger partial charge on any atom is -0.348 e. The summed E-state index contributed by atoms with van der Waals surface area (Å²) in [6, 6.07) is 18.5. The summed E-state index contributed by atoms with van der Waals surface area (Å²) in [5, 5.41) is 2.87. The maximum absolute atomic E-state index is 13.0. The lowest BCUT2D eigenvalue weighted by molar-refractivity contribution is 0.0951. The topological polar surface area (TPSA) is 62.3 Å². The third kappa shape index (κ3) is 3.58. The van der Waals surface area contributed by atoms with Gasteiger partial charge in [0.25, 0.3) is 11.8 Å². The van der Waals surface area contributed by atoms with E-state index < -0.39 is 0 Å². The summed E-state index contributed by atoms with van der Waals surface area (Å²) in [7, 11) is 0. The smallest absolute Gasteiger partial charge is 0.258 e. The van der Waals surface area contributed by atoms with Crippen molar-refractivity contribution in [1.29, 1.82) is 0 Å². The van der Waals surface area contributed by atoms with Crippen LogP contribution in [0.5, 0.6) is 0 Å². The Hall–Kier alpha value is -3.47. The van der Waals surface area contributed by atoms with Crippen molar-refractivity contribution < 1.29 is 9.59 Å². The van der Waals surface area contributed by atoms with Gasteiger partial charge < -0.3 is 10.2 Å². The molecule has 2 aromatic carbocycles. The number of nitrogens with zero attached hydrogens (tertiary/aromatic N) is 2. The van der Waals surface area contributed by atoms with Gasteiger partial charge in [0.1, 0.15) is 0 Å². The minimum atomic E-state index is -0.205. The first-order valence-corrected chi connectivity index (χ1v) is 8.89. The Bertz CT molecular complexity index is 986. The predicted molar refractivity (Wildman–Crippen MR) is 104 cm³/mol. The fourth-order valence-corrected chi connectivity index (χ4v) is 3.28. The maximum atomic E-state index is 13.0. The van der Waals surface area contributed by atoms with Gasteiger partial charge in [-0.2, -0.15) is 0 Å². The van der Waals surface area contributed by atoms with Crippen LogP contribution in [0.1, 0.15) is 31.8 Å². The summed E-state index contributed by atoms with van der Waals surface area (Å²) in [5.74, 6) is -0.285. The van der Waals surface area contributed by atoms with Gasteiger partial charge in [0.05, 0.1) is 0 Å². The summed E-state index contributed by atoms with van der Waals surface area (Å²) in [6.07, 6.45) is 4.23. The molecule has 0 fully saturated rings.